The lowest BCUT2D eigenvalue weighted by molar-refractivity contribution is -0.181. The number of hydrogen-bond donors (Lipinski definition) is 5. The molecule has 1 aliphatic rings. The van der Waals surface area contributed by atoms with Crippen LogP contribution in [0, 0.1) is 0 Å². The van der Waals surface area contributed by atoms with E-state index in [0.29, 0.717) is 13.1 Å². The van der Waals surface area contributed by atoms with E-state index >= 15 is 0 Å². The van der Waals surface area contributed by atoms with Crippen molar-refractivity contribution in [1.29, 1.82) is 0 Å². The summed E-state index contributed by atoms with van der Waals surface area (Å²) in [5.41, 5.74) is -2.87. The SMILES string of the molecule is O=C(O)C[C@](O)(C(=O)O)[C@H](C(=O)O)N1CCNCC1. The van der Waals surface area contributed by atoms with Crippen LogP contribution in [0.5, 0.6) is 0 Å². The number of carbonyl (C=O) groups is 3. The van der Waals surface area contributed by atoms with Gasteiger partial charge in [0.25, 0.3) is 0 Å². The monoisotopic (exact) mass is 276 g/mol. The van der Waals surface area contributed by atoms with Gasteiger partial charge in [0.1, 0.15) is 6.04 Å². The van der Waals surface area contributed by atoms with E-state index in [1.54, 1.807) is 0 Å². The van der Waals surface area contributed by atoms with E-state index in [-0.39, 0.29) is 13.1 Å². The van der Waals surface area contributed by atoms with Gasteiger partial charge in [-0.15, -0.1) is 0 Å². The van der Waals surface area contributed by atoms with Crippen LogP contribution in [0.1, 0.15) is 6.42 Å². The van der Waals surface area contributed by atoms with Crippen LogP contribution < -0.4 is 5.32 Å². The van der Waals surface area contributed by atoms with E-state index in [1.807, 2.05) is 0 Å². The molecule has 108 valence electrons. The number of nitrogens with one attached hydrogen (secondary N) is 1. The summed E-state index contributed by atoms with van der Waals surface area (Å²) in [4.78, 5) is 34.3. The first-order valence-corrected chi connectivity index (χ1v) is 5.64. The Morgan fingerprint density at radius 2 is 1.68 bits per heavy atom. The lowest BCUT2D eigenvalue weighted by atomic mass is 9.88. The highest BCUT2D eigenvalue weighted by Crippen LogP contribution is 2.22. The van der Waals surface area contributed by atoms with Crippen LogP contribution in [0.2, 0.25) is 0 Å². The van der Waals surface area contributed by atoms with Crippen LogP contribution in [-0.2, 0) is 14.4 Å². The van der Waals surface area contributed by atoms with Gasteiger partial charge in [-0.2, -0.15) is 0 Å². The molecular formula is C10H16N2O7. The highest BCUT2D eigenvalue weighted by molar-refractivity contribution is 5.91. The maximum absolute atomic E-state index is 11.3. The van der Waals surface area contributed by atoms with E-state index in [0.717, 1.165) is 0 Å². The first kappa shape index (κ1) is 15.3. The highest BCUT2D eigenvalue weighted by Gasteiger charge is 2.52. The van der Waals surface area contributed by atoms with Crippen molar-refractivity contribution in [3.05, 3.63) is 0 Å². The van der Waals surface area contributed by atoms with E-state index in [4.69, 9.17) is 15.3 Å². The molecule has 1 heterocycles. The van der Waals surface area contributed by atoms with Gasteiger partial charge in [-0.25, -0.2) is 4.79 Å². The predicted molar refractivity (Wildman–Crippen MR) is 60.7 cm³/mol. The minimum atomic E-state index is -2.87. The van der Waals surface area contributed by atoms with Crippen molar-refractivity contribution in [2.75, 3.05) is 26.2 Å². The molecule has 0 aliphatic carbocycles. The summed E-state index contributed by atoms with van der Waals surface area (Å²) in [5, 5.41) is 39.8. The fourth-order valence-electron chi connectivity index (χ4n) is 2.12. The van der Waals surface area contributed by atoms with Crippen molar-refractivity contribution in [2.24, 2.45) is 0 Å². The molecule has 2 atom stereocenters. The molecule has 1 saturated heterocycles. The summed E-state index contributed by atoms with van der Waals surface area (Å²) in [6.07, 6.45) is -1.18. The molecule has 19 heavy (non-hydrogen) atoms. The van der Waals surface area contributed by atoms with Gasteiger partial charge in [-0.1, -0.05) is 0 Å². The zero-order valence-electron chi connectivity index (χ0n) is 10.1. The average Bonchev–Trinajstić information content (AvgIpc) is 2.28. The van der Waals surface area contributed by atoms with Crippen LogP contribution in [-0.4, -0.2) is 81.1 Å². The number of aliphatic hydroxyl groups is 1. The smallest absolute Gasteiger partial charge is 0.338 e. The number of nitrogens with zero attached hydrogens (tertiary/aromatic N) is 1. The van der Waals surface area contributed by atoms with E-state index < -0.39 is 36.0 Å². The molecule has 0 saturated carbocycles. The number of piperazine rings is 1. The Morgan fingerprint density at radius 3 is 2.05 bits per heavy atom. The summed E-state index contributed by atoms with van der Waals surface area (Å²) < 4.78 is 0. The topological polar surface area (TPSA) is 147 Å². The van der Waals surface area contributed by atoms with Crippen molar-refractivity contribution >= 4 is 17.9 Å². The third-order valence-electron chi connectivity index (χ3n) is 2.99. The largest absolute Gasteiger partial charge is 0.481 e. The Bertz CT molecular complexity index is 380. The molecule has 1 fully saturated rings. The molecule has 0 spiro atoms. The van der Waals surface area contributed by atoms with Gasteiger partial charge in [-0.05, 0) is 0 Å². The molecule has 0 amide bonds. The van der Waals surface area contributed by atoms with Gasteiger partial charge >= 0.3 is 17.9 Å². The van der Waals surface area contributed by atoms with E-state index in [9.17, 15) is 19.5 Å². The number of hydrogen-bond acceptors (Lipinski definition) is 6. The van der Waals surface area contributed by atoms with Crippen molar-refractivity contribution in [3.63, 3.8) is 0 Å². The van der Waals surface area contributed by atoms with Gasteiger partial charge in [-0.3, -0.25) is 14.5 Å². The number of aliphatic carboxylic acids is 3. The second-order valence-corrected chi connectivity index (χ2v) is 4.33. The van der Waals surface area contributed by atoms with Crippen molar-refractivity contribution in [3.8, 4) is 0 Å². The maximum Gasteiger partial charge on any atom is 0.338 e. The van der Waals surface area contributed by atoms with E-state index in [1.165, 1.54) is 4.90 Å². The van der Waals surface area contributed by atoms with E-state index in [2.05, 4.69) is 5.32 Å². The Morgan fingerprint density at radius 1 is 1.16 bits per heavy atom. The summed E-state index contributed by atoms with van der Waals surface area (Å²) in [6.45, 7) is 1.30. The fourth-order valence-corrected chi connectivity index (χ4v) is 2.12. The quantitative estimate of drug-likeness (QED) is 0.359. The second-order valence-electron chi connectivity index (χ2n) is 4.33. The molecule has 0 radical (unpaired) electrons. The number of rotatable bonds is 6. The Balaban J connectivity index is 3.07. The lowest BCUT2D eigenvalue weighted by Crippen LogP contribution is -2.64. The maximum atomic E-state index is 11.3. The van der Waals surface area contributed by atoms with Gasteiger partial charge < -0.3 is 25.7 Å². The minimum absolute atomic E-state index is 0.214. The van der Waals surface area contributed by atoms with Crippen molar-refractivity contribution < 1.29 is 34.8 Å². The first-order chi connectivity index (χ1) is 8.79. The third-order valence-corrected chi connectivity index (χ3v) is 2.99. The van der Waals surface area contributed by atoms with Crippen LogP contribution in [0.3, 0.4) is 0 Å². The molecule has 0 unspecified atom stereocenters. The Kier molecular flexibility index (Phi) is 4.81. The molecular weight excluding hydrogens is 260 g/mol. The lowest BCUT2D eigenvalue weighted by Gasteiger charge is -2.38. The number of carboxylic acid groups (broad SMARTS) is 3. The zero-order valence-corrected chi connectivity index (χ0v) is 10.1. The third kappa shape index (κ3) is 3.40. The predicted octanol–water partition coefficient (Wildman–Crippen LogP) is -2.36. The van der Waals surface area contributed by atoms with Crippen LogP contribution >= 0.6 is 0 Å². The first-order valence-electron chi connectivity index (χ1n) is 5.64. The zero-order chi connectivity index (χ0) is 14.6. The molecule has 9 heteroatoms. The van der Waals surface area contributed by atoms with Crippen molar-refractivity contribution in [1.82, 2.24) is 10.2 Å². The molecule has 9 nitrogen and oxygen atoms in total. The molecule has 0 aromatic heterocycles. The summed E-state index contributed by atoms with van der Waals surface area (Å²) >= 11 is 0. The molecule has 0 aromatic carbocycles. The second kappa shape index (κ2) is 5.95. The van der Waals surface area contributed by atoms with Gasteiger partial charge in [0, 0.05) is 26.2 Å². The van der Waals surface area contributed by atoms with Crippen LogP contribution in [0.25, 0.3) is 0 Å². The fraction of sp³-hybridized carbons (Fsp3) is 0.700. The van der Waals surface area contributed by atoms with Crippen molar-refractivity contribution in [2.45, 2.75) is 18.1 Å². The van der Waals surface area contributed by atoms with Gasteiger partial charge in [0.05, 0.1) is 6.42 Å². The molecule has 5 N–H and O–H groups in total. The average molecular weight is 276 g/mol. The van der Waals surface area contributed by atoms with Crippen LogP contribution in [0.15, 0.2) is 0 Å². The normalized spacial score (nSPS) is 21.3. The van der Waals surface area contributed by atoms with Gasteiger partial charge in [0.15, 0.2) is 5.60 Å². The number of carboxylic acids is 3. The molecule has 0 bridgehead atoms. The standard InChI is InChI=1S/C10H16N2O7/c13-6(14)5-10(19,9(17)18)7(8(15)16)12-3-1-11-2-4-12/h7,11,19H,1-5H2,(H,13,14)(H,15,16)(H,17,18)/t7-,10+/m0/s1. The van der Waals surface area contributed by atoms with Crippen LogP contribution in [0.4, 0.5) is 0 Å². The summed E-state index contributed by atoms with van der Waals surface area (Å²) in [5.74, 6) is -5.00. The minimum Gasteiger partial charge on any atom is -0.481 e. The Labute approximate surface area is 108 Å². The molecule has 0 aromatic rings. The summed E-state index contributed by atoms with van der Waals surface area (Å²) in [6, 6.07) is -1.80. The van der Waals surface area contributed by atoms with Gasteiger partial charge in [0.2, 0.25) is 0 Å². The molecule has 1 aliphatic heterocycles. The molecule has 1 rings (SSSR count). The summed E-state index contributed by atoms with van der Waals surface area (Å²) in [7, 11) is 0. The Hall–Kier alpha value is -1.71. The highest BCUT2D eigenvalue weighted by atomic mass is 16.4.